The van der Waals surface area contributed by atoms with E-state index < -0.39 is 0 Å². The van der Waals surface area contributed by atoms with E-state index in [1.54, 1.807) is 16.8 Å². The van der Waals surface area contributed by atoms with E-state index in [0.29, 0.717) is 24.7 Å². The van der Waals surface area contributed by atoms with Crippen molar-refractivity contribution >= 4 is 22.8 Å². The fraction of sp³-hybridized carbons (Fsp3) is 0.481. The predicted octanol–water partition coefficient (Wildman–Crippen LogP) is 1.92. The van der Waals surface area contributed by atoms with Crippen LogP contribution in [0.2, 0.25) is 0 Å². The lowest BCUT2D eigenvalue weighted by Gasteiger charge is -2.53. The highest BCUT2D eigenvalue weighted by Crippen LogP contribution is 2.46. The molecule has 1 aliphatic carbocycles. The van der Waals surface area contributed by atoms with Crippen LogP contribution in [0.5, 0.6) is 5.75 Å². The van der Waals surface area contributed by atoms with Crippen molar-refractivity contribution in [1.82, 2.24) is 19.9 Å². The molecule has 7 rings (SSSR count). The molecule has 3 aromatic rings. The second-order valence-corrected chi connectivity index (χ2v) is 10.3. The van der Waals surface area contributed by atoms with Crippen molar-refractivity contribution in [2.45, 2.75) is 62.8 Å². The minimum Gasteiger partial charge on any atom is -0.480 e. The lowest BCUT2D eigenvalue weighted by atomic mass is 9.69. The van der Waals surface area contributed by atoms with Gasteiger partial charge in [-0.15, -0.1) is 0 Å². The highest BCUT2D eigenvalue weighted by Gasteiger charge is 2.49. The zero-order chi connectivity index (χ0) is 25.5. The van der Waals surface area contributed by atoms with E-state index in [-0.39, 0.29) is 42.4 Å². The number of pyridine rings is 3. The SMILES string of the molecule is O=C1COc2ccc(CNC34CCC(CCc5ccnc6ccc(=O)n(CCO)c56)(CC3)OC4)nc2N1. The van der Waals surface area contributed by atoms with Gasteiger partial charge >= 0.3 is 0 Å². The number of amides is 1. The van der Waals surface area contributed by atoms with E-state index in [9.17, 15) is 14.7 Å². The van der Waals surface area contributed by atoms with Gasteiger partial charge in [-0.05, 0) is 68.4 Å². The van der Waals surface area contributed by atoms with Crippen LogP contribution in [0.25, 0.3) is 11.0 Å². The van der Waals surface area contributed by atoms with E-state index in [0.717, 1.165) is 60.8 Å². The van der Waals surface area contributed by atoms with Crippen molar-refractivity contribution < 1.29 is 19.4 Å². The molecule has 0 atom stereocenters. The fourth-order valence-corrected chi connectivity index (χ4v) is 5.88. The molecule has 3 N–H and O–H groups in total. The third-order valence-corrected chi connectivity index (χ3v) is 8.08. The van der Waals surface area contributed by atoms with Crippen LogP contribution in [0.4, 0.5) is 5.82 Å². The van der Waals surface area contributed by atoms with Crippen molar-refractivity contribution in [2.24, 2.45) is 0 Å². The molecule has 0 aromatic carbocycles. The number of rotatable bonds is 8. The number of fused-ring (bicyclic) bond motifs is 5. The van der Waals surface area contributed by atoms with Gasteiger partial charge < -0.3 is 29.8 Å². The van der Waals surface area contributed by atoms with Crippen LogP contribution in [0, 0.1) is 0 Å². The maximum Gasteiger partial charge on any atom is 0.263 e. The van der Waals surface area contributed by atoms with Gasteiger partial charge in [0.15, 0.2) is 18.2 Å². The molecule has 37 heavy (non-hydrogen) atoms. The van der Waals surface area contributed by atoms with Crippen LogP contribution < -0.4 is 20.9 Å². The van der Waals surface area contributed by atoms with Crippen LogP contribution in [0.1, 0.15) is 43.4 Å². The van der Waals surface area contributed by atoms with Crippen molar-refractivity contribution in [3.8, 4) is 5.75 Å². The van der Waals surface area contributed by atoms with Crippen molar-refractivity contribution in [3.63, 3.8) is 0 Å². The quantitative estimate of drug-likeness (QED) is 0.424. The Labute approximate surface area is 214 Å². The maximum absolute atomic E-state index is 12.5. The molecular weight excluding hydrogens is 474 g/mol. The number of carbonyl (C=O) groups is 1. The summed E-state index contributed by atoms with van der Waals surface area (Å²) in [5.41, 5.74) is 3.11. The Hall–Kier alpha value is -3.34. The van der Waals surface area contributed by atoms with E-state index >= 15 is 0 Å². The number of hydrogen-bond donors (Lipinski definition) is 3. The second-order valence-electron chi connectivity index (χ2n) is 10.3. The van der Waals surface area contributed by atoms with Crippen molar-refractivity contribution in [3.05, 3.63) is 58.1 Å². The molecule has 0 unspecified atom stereocenters. The number of aliphatic hydroxyl groups is 1. The van der Waals surface area contributed by atoms with Gasteiger partial charge in [0.05, 0.1) is 35.5 Å². The Kier molecular flexibility index (Phi) is 6.18. The summed E-state index contributed by atoms with van der Waals surface area (Å²) in [7, 11) is 0. The maximum atomic E-state index is 12.5. The molecule has 10 nitrogen and oxygen atoms in total. The van der Waals surface area contributed by atoms with Gasteiger partial charge in [0.2, 0.25) is 0 Å². The van der Waals surface area contributed by atoms with Gasteiger partial charge in [0, 0.05) is 30.9 Å². The van der Waals surface area contributed by atoms with E-state index in [4.69, 9.17) is 9.47 Å². The average Bonchev–Trinajstić information content (AvgIpc) is 2.93. The van der Waals surface area contributed by atoms with Crippen LogP contribution in [0.15, 0.2) is 41.3 Å². The molecule has 1 amide bonds. The summed E-state index contributed by atoms with van der Waals surface area (Å²) in [6, 6.07) is 9.01. The van der Waals surface area contributed by atoms with Crippen molar-refractivity contribution in [2.75, 3.05) is 25.1 Å². The standard InChI is InChI=1S/C27H31N5O5/c33-14-13-32-23(35)4-2-20-24(32)18(6-12-28-20)5-7-27-10-8-26(9-11-27,17-37-27)29-15-19-1-3-21-25(30-19)31-22(34)16-36-21/h1-4,6,12,29,33H,5,7-11,13-17H2,(H,30,31,34). The van der Waals surface area contributed by atoms with E-state index in [1.165, 1.54) is 6.07 Å². The van der Waals surface area contributed by atoms with Crippen LogP contribution in [-0.4, -0.2) is 56.5 Å². The number of aromatic nitrogens is 3. The molecule has 1 saturated carbocycles. The number of ether oxygens (including phenoxy) is 2. The Morgan fingerprint density at radius 1 is 1.11 bits per heavy atom. The highest BCUT2D eigenvalue weighted by atomic mass is 16.5. The summed E-state index contributed by atoms with van der Waals surface area (Å²) in [6.07, 6.45) is 7.40. The summed E-state index contributed by atoms with van der Waals surface area (Å²) >= 11 is 0. The number of carbonyl (C=O) groups excluding carboxylic acids is 1. The first-order valence-corrected chi connectivity index (χ1v) is 12.9. The molecule has 194 valence electrons. The third-order valence-electron chi connectivity index (χ3n) is 8.08. The van der Waals surface area contributed by atoms with Gasteiger partial charge in [0.1, 0.15) is 0 Å². The van der Waals surface area contributed by atoms with E-state index in [1.807, 2.05) is 18.2 Å². The summed E-state index contributed by atoms with van der Waals surface area (Å²) in [4.78, 5) is 33.0. The van der Waals surface area contributed by atoms with Gasteiger partial charge in [-0.25, -0.2) is 4.98 Å². The number of aryl methyl sites for hydroxylation is 1. The lowest BCUT2D eigenvalue weighted by molar-refractivity contribution is -0.165. The zero-order valence-electron chi connectivity index (χ0n) is 20.7. The van der Waals surface area contributed by atoms with Crippen LogP contribution >= 0.6 is 0 Å². The normalized spacial score (nSPS) is 24.5. The number of hydrogen-bond acceptors (Lipinski definition) is 8. The minimum absolute atomic E-state index is 0.0220. The summed E-state index contributed by atoms with van der Waals surface area (Å²) in [5.74, 6) is 0.883. The third kappa shape index (κ3) is 4.60. The largest absolute Gasteiger partial charge is 0.480 e. The van der Waals surface area contributed by atoms with Gasteiger partial charge in [-0.3, -0.25) is 14.6 Å². The smallest absolute Gasteiger partial charge is 0.263 e. The number of aliphatic hydroxyl groups excluding tert-OH is 1. The average molecular weight is 506 g/mol. The molecule has 0 radical (unpaired) electrons. The van der Waals surface area contributed by atoms with Gasteiger partial charge in [-0.1, -0.05) is 0 Å². The predicted molar refractivity (Wildman–Crippen MR) is 136 cm³/mol. The van der Waals surface area contributed by atoms with Crippen LogP contribution in [0.3, 0.4) is 0 Å². The molecule has 3 aromatic heterocycles. The second kappa shape index (κ2) is 9.51. The lowest BCUT2D eigenvalue weighted by Crippen LogP contribution is -2.61. The molecular formula is C27H31N5O5. The Morgan fingerprint density at radius 3 is 2.76 bits per heavy atom. The van der Waals surface area contributed by atoms with Crippen molar-refractivity contribution in [1.29, 1.82) is 0 Å². The number of nitrogens with one attached hydrogen (secondary N) is 2. The summed E-state index contributed by atoms with van der Waals surface area (Å²) in [6.45, 7) is 1.41. The molecule has 4 aliphatic rings. The minimum atomic E-state index is -0.190. The Morgan fingerprint density at radius 2 is 1.97 bits per heavy atom. The van der Waals surface area contributed by atoms with E-state index in [2.05, 4.69) is 20.6 Å². The molecule has 3 aliphatic heterocycles. The molecule has 10 heteroatoms. The molecule has 2 saturated heterocycles. The number of anilines is 1. The summed E-state index contributed by atoms with van der Waals surface area (Å²) < 4.78 is 13.5. The number of nitrogens with zero attached hydrogens (tertiary/aromatic N) is 3. The van der Waals surface area contributed by atoms with Gasteiger partial charge in [0.25, 0.3) is 11.5 Å². The first kappa shape index (κ1) is 24.0. The highest BCUT2D eigenvalue weighted by molar-refractivity contribution is 5.94. The zero-order valence-corrected chi connectivity index (χ0v) is 20.7. The molecule has 3 fully saturated rings. The Balaban J connectivity index is 1.11. The first-order valence-electron chi connectivity index (χ1n) is 12.9. The first-order chi connectivity index (χ1) is 18.0. The molecule has 6 heterocycles. The fourth-order valence-electron chi connectivity index (χ4n) is 5.88. The molecule has 0 spiro atoms. The topological polar surface area (TPSA) is 128 Å². The Bertz CT molecular complexity index is 1380. The van der Waals surface area contributed by atoms with Crippen LogP contribution in [-0.2, 0) is 29.0 Å². The summed E-state index contributed by atoms with van der Waals surface area (Å²) in [5, 5.41) is 15.9. The van der Waals surface area contributed by atoms with Gasteiger partial charge in [-0.2, -0.15) is 0 Å². The monoisotopic (exact) mass is 505 g/mol. The molecule has 2 bridgehead atoms.